The predicted octanol–water partition coefficient (Wildman–Crippen LogP) is 2.12. The minimum Gasteiger partial charge on any atom is -0.497 e. The van der Waals surface area contributed by atoms with Crippen LogP contribution in [0.2, 0.25) is 0 Å². The third-order valence-corrected chi connectivity index (χ3v) is 4.77. The number of hydrogen-bond acceptors (Lipinski definition) is 8. The Hall–Kier alpha value is -2.91. The molecule has 0 fully saturated rings. The summed E-state index contributed by atoms with van der Waals surface area (Å²) >= 11 is 1.33. The van der Waals surface area contributed by atoms with E-state index in [2.05, 4.69) is 15.3 Å². The highest BCUT2D eigenvalue weighted by atomic mass is 32.1. The Bertz CT molecular complexity index is 943. The Morgan fingerprint density at radius 3 is 2.73 bits per heavy atom. The number of fused-ring (bicyclic) bond motifs is 1. The molecule has 9 heteroatoms. The van der Waals surface area contributed by atoms with Gasteiger partial charge in [-0.3, -0.25) is 9.78 Å². The van der Waals surface area contributed by atoms with Crippen molar-refractivity contribution in [2.75, 3.05) is 32.8 Å². The van der Waals surface area contributed by atoms with Gasteiger partial charge in [0.25, 0.3) is 5.91 Å². The van der Waals surface area contributed by atoms with Crippen molar-refractivity contribution in [1.82, 2.24) is 15.3 Å². The van der Waals surface area contributed by atoms with E-state index in [1.54, 1.807) is 50.0 Å². The highest BCUT2D eigenvalue weighted by Crippen LogP contribution is 2.38. The average Bonchev–Trinajstić information content (AvgIpc) is 3.17. The molecule has 26 heavy (non-hydrogen) atoms. The van der Waals surface area contributed by atoms with Crippen molar-refractivity contribution >= 4 is 38.8 Å². The Labute approximate surface area is 154 Å². The molecule has 0 saturated heterocycles. The van der Waals surface area contributed by atoms with E-state index in [1.807, 2.05) is 6.07 Å². The summed E-state index contributed by atoms with van der Waals surface area (Å²) in [6.45, 7) is 0.168. The number of nitrogens with one attached hydrogen (secondary N) is 1. The minimum atomic E-state index is -0.246. The van der Waals surface area contributed by atoms with Crippen molar-refractivity contribution < 1.29 is 14.3 Å². The molecule has 3 aromatic rings. The molecule has 1 amide bonds. The monoisotopic (exact) mass is 373 g/mol. The lowest BCUT2D eigenvalue weighted by molar-refractivity contribution is 0.0959. The van der Waals surface area contributed by atoms with E-state index in [4.69, 9.17) is 15.2 Å². The number of methoxy groups -OCH3 is 2. The second kappa shape index (κ2) is 7.54. The molecular weight excluding hydrogens is 354 g/mol. The first-order valence-corrected chi connectivity index (χ1v) is 8.65. The number of ether oxygens (including phenoxy) is 2. The van der Waals surface area contributed by atoms with Gasteiger partial charge in [0.1, 0.15) is 17.2 Å². The number of benzene rings is 1. The molecule has 0 bridgehead atoms. The van der Waals surface area contributed by atoms with Gasteiger partial charge >= 0.3 is 0 Å². The van der Waals surface area contributed by atoms with E-state index in [-0.39, 0.29) is 12.6 Å². The molecule has 0 atom stereocenters. The van der Waals surface area contributed by atoms with Crippen LogP contribution in [0.15, 0.2) is 29.9 Å². The third kappa shape index (κ3) is 3.14. The number of carbonyl (C=O) groups is 1. The van der Waals surface area contributed by atoms with Gasteiger partial charge in [-0.05, 0) is 6.07 Å². The quantitative estimate of drug-likeness (QED) is 0.638. The van der Waals surface area contributed by atoms with Crippen LogP contribution in [-0.2, 0) is 0 Å². The molecule has 3 rings (SSSR count). The predicted molar refractivity (Wildman–Crippen MR) is 102 cm³/mol. The number of aromatic nitrogens is 2. The Balaban J connectivity index is 2.15. The van der Waals surface area contributed by atoms with Crippen LogP contribution in [0.4, 0.5) is 10.8 Å². The molecule has 3 N–H and O–H groups in total. The fourth-order valence-electron chi connectivity index (χ4n) is 2.60. The number of pyridine rings is 1. The minimum absolute atomic E-state index is 0.168. The van der Waals surface area contributed by atoms with Gasteiger partial charge in [0, 0.05) is 35.5 Å². The van der Waals surface area contributed by atoms with Crippen LogP contribution in [0, 0.1) is 0 Å². The van der Waals surface area contributed by atoms with Crippen molar-refractivity contribution in [3.63, 3.8) is 0 Å². The van der Waals surface area contributed by atoms with Crippen LogP contribution in [-0.4, -0.2) is 43.8 Å². The average molecular weight is 373 g/mol. The number of nitrogens with zero attached hydrogens (tertiary/aromatic N) is 3. The topological polar surface area (TPSA) is 103 Å². The number of amides is 1. The van der Waals surface area contributed by atoms with E-state index in [1.165, 1.54) is 11.3 Å². The van der Waals surface area contributed by atoms with E-state index < -0.39 is 0 Å². The van der Waals surface area contributed by atoms with Crippen molar-refractivity contribution in [3.8, 4) is 11.5 Å². The Kier molecular flexibility index (Phi) is 5.19. The third-order valence-electron chi connectivity index (χ3n) is 3.90. The van der Waals surface area contributed by atoms with Crippen LogP contribution >= 0.6 is 11.3 Å². The standard InChI is InChI=1S/C17H19N5O3S/c1-19-16(23)13-8-26-17(21-13)22(9-18)14-7-20-6-12-11(14)4-10(24-2)5-15(12)25-3/h4-8H,9,18H2,1-3H3,(H,19,23). The molecule has 2 aromatic heterocycles. The van der Waals surface area contributed by atoms with E-state index in [9.17, 15) is 4.79 Å². The van der Waals surface area contributed by atoms with Gasteiger partial charge in [-0.1, -0.05) is 0 Å². The molecule has 0 aliphatic carbocycles. The normalized spacial score (nSPS) is 10.6. The summed E-state index contributed by atoms with van der Waals surface area (Å²) in [5, 5.41) is 6.54. The molecule has 0 unspecified atom stereocenters. The van der Waals surface area contributed by atoms with Gasteiger partial charge in [0.15, 0.2) is 5.13 Å². The van der Waals surface area contributed by atoms with Crippen molar-refractivity contribution in [3.05, 3.63) is 35.6 Å². The molecule has 2 heterocycles. The van der Waals surface area contributed by atoms with Gasteiger partial charge in [-0.25, -0.2) is 4.98 Å². The van der Waals surface area contributed by atoms with Gasteiger partial charge in [0.05, 0.1) is 32.8 Å². The van der Waals surface area contributed by atoms with Crippen LogP contribution < -0.4 is 25.4 Å². The first-order chi connectivity index (χ1) is 12.6. The Morgan fingerprint density at radius 1 is 1.27 bits per heavy atom. The highest BCUT2D eigenvalue weighted by molar-refractivity contribution is 7.14. The van der Waals surface area contributed by atoms with E-state index in [0.717, 1.165) is 16.5 Å². The number of thiazole rings is 1. The summed E-state index contributed by atoms with van der Waals surface area (Å²) in [5.74, 6) is 1.06. The molecule has 0 aliphatic heterocycles. The van der Waals surface area contributed by atoms with Crippen molar-refractivity contribution in [2.24, 2.45) is 5.73 Å². The highest BCUT2D eigenvalue weighted by Gasteiger charge is 2.19. The van der Waals surface area contributed by atoms with Gasteiger partial charge < -0.3 is 25.4 Å². The van der Waals surface area contributed by atoms with Gasteiger partial charge in [-0.15, -0.1) is 11.3 Å². The SMILES string of the molecule is CNC(=O)c1csc(N(CN)c2cncc3c(OC)cc(OC)cc23)n1. The second-order valence-corrected chi connectivity index (χ2v) is 6.13. The second-order valence-electron chi connectivity index (χ2n) is 5.29. The molecule has 136 valence electrons. The zero-order valence-corrected chi connectivity index (χ0v) is 15.5. The number of anilines is 2. The number of nitrogens with two attached hydrogens (primary N) is 1. The van der Waals surface area contributed by atoms with Crippen molar-refractivity contribution in [1.29, 1.82) is 0 Å². The summed E-state index contributed by atoms with van der Waals surface area (Å²) in [5.41, 5.74) is 7.08. The van der Waals surface area contributed by atoms with Crippen molar-refractivity contribution in [2.45, 2.75) is 0 Å². The van der Waals surface area contributed by atoms with Crippen LogP contribution in [0.25, 0.3) is 10.8 Å². The summed E-state index contributed by atoms with van der Waals surface area (Å²) in [7, 11) is 4.76. The first-order valence-electron chi connectivity index (χ1n) is 7.77. The lowest BCUT2D eigenvalue weighted by Crippen LogP contribution is -2.25. The molecule has 0 spiro atoms. The zero-order valence-electron chi connectivity index (χ0n) is 14.6. The van der Waals surface area contributed by atoms with E-state index >= 15 is 0 Å². The summed E-state index contributed by atoms with van der Waals surface area (Å²) in [6, 6.07) is 3.69. The maximum Gasteiger partial charge on any atom is 0.270 e. The molecule has 0 saturated carbocycles. The lowest BCUT2D eigenvalue weighted by atomic mass is 10.1. The Morgan fingerprint density at radius 2 is 2.08 bits per heavy atom. The summed E-state index contributed by atoms with van der Waals surface area (Å²) in [4.78, 5) is 22.3. The fourth-order valence-corrected chi connectivity index (χ4v) is 3.43. The smallest absolute Gasteiger partial charge is 0.270 e. The number of carbonyl (C=O) groups excluding carboxylic acids is 1. The fraction of sp³-hybridized carbons (Fsp3) is 0.235. The van der Waals surface area contributed by atoms with E-state index in [0.29, 0.717) is 22.3 Å². The van der Waals surface area contributed by atoms with Gasteiger partial charge in [0.2, 0.25) is 0 Å². The zero-order chi connectivity index (χ0) is 18.7. The summed E-state index contributed by atoms with van der Waals surface area (Å²) < 4.78 is 10.8. The molecule has 1 aromatic carbocycles. The number of hydrogen-bond donors (Lipinski definition) is 2. The van der Waals surface area contributed by atoms with Crippen LogP contribution in [0.3, 0.4) is 0 Å². The van der Waals surface area contributed by atoms with Gasteiger partial charge in [-0.2, -0.15) is 0 Å². The first kappa shape index (κ1) is 17.9. The molecule has 0 aliphatic rings. The summed E-state index contributed by atoms with van der Waals surface area (Å²) in [6.07, 6.45) is 3.43. The van der Waals surface area contributed by atoms with Crippen LogP contribution in [0.5, 0.6) is 11.5 Å². The molecular formula is C17H19N5O3S. The molecule has 8 nitrogen and oxygen atoms in total. The number of rotatable bonds is 6. The van der Waals surface area contributed by atoms with Crippen LogP contribution in [0.1, 0.15) is 10.5 Å². The maximum atomic E-state index is 11.8. The maximum absolute atomic E-state index is 11.8. The largest absolute Gasteiger partial charge is 0.497 e. The lowest BCUT2D eigenvalue weighted by Gasteiger charge is -2.22. The molecule has 0 radical (unpaired) electrons.